The van der Waals surface area contributed by atoms with Gasteiger partial charge in [-0.25, -0.2) is 0 Å². The fourth-order valence-electron chi connectivity index (χ4n) is 7.53. The standard InChI is InChI=1S/C48H31NOS/c1-4-14-32(15-5-1)33-28-30-36(31-29-33)49(42-25-13-27-44-45(42)41-24-10-20-37(46(41)50-44)34-16-6-2-7-17-34)43-26-12-23-40-39-22-11-21-38(47(39)51-48(40)43)35-18-8-3-9-19-35/h1-31H. The highest BCUT2D eigenvalue weighted by Gasteiger charge is 2.23. The van der Waals surface area contributed by atoms with Crippen molar-refractivity contribution in [3.8, 4) is 33.4 Å². The van der Waals surface area contributed by atoms with Crippen molar-refractivity contribution < 1.29 is 4.42 Å². The maximum Gasteiger partial charge on any atom is 0.143 e. The fraction of sp³-hybridized carbons (Fsp3) is 0. The average Bonchev–Trinajstić information content (AvgIpc) is 3.79. The molecule has 2 heterocycles. The van der Waals surface area contributed by atoms with Crippen LogP contribution in [0.25, 0.3) is 75.5 Å². The van der Waals surface area contributed by atoms with Crippen molar-refractivity contribution in [1.82, 2.24) is 0 Å². The Morgan fingerprint density at radius 2 is 0.902 bits per heavy atom. The third-order valence-electron chi connectivity index (χ3n) is 9.89. The molecular formula is C48H31NOS. The topological polar surface area (TPSA) is 16.4 Å². The molecule has 0 bridgehead atoms. The van der Waals surface area contributed by atoms with Crippen LogP contribution in [0.15, 0.2) is 192 Å². The van der Waals surface area contributed by atoms with Gasteiger partial charge in [-0.2, -0.15) is 0 Å². The van der Waals surface area contributed by atoms with Gasteiger partial charge >= 0.3 is 0 Å². The van der Waals surface area contributed by atoms with Crippen molar-refractivity contribution in [2.45, 2.75) is 0 Å². The summed E-state index contributed by atoms with van der Waals surface area (Å²) in [6.07, 6.45) is 0. The molecule has 0 fully saturated rings. The molecule has 0 radical (unpaired) electrons. The zero-order chi connectivity index (χ0) is 33.7. The Bertz CT molecular complexity index is 2840. The largest absolute Gasteiger partial charge is 0.455 e. The van der Waals surface area contributed by atoms with Gasteiger partial charge < -0.3 is 9.32 Å². The SMILES string of the molecule is c1ccc(-c2ccc(N(c3cccc4c3sc3c(-c5ccccc5)cccc34)c3cccc4oc5c(-c6ccccc6)cccc5c34)cc2)cc1. The minimum atomic E-state index is 0.867. The molecule has 0 atom stereocenters. The molecule has 10 rings (SSSR count). The maximum absolute atomic E-state index is 6.75. The summed E-state index contributed by atoms with van der Waals surface area (Å²) >= 11 is 1.87. The van der Waals surface area contributed by atoms with Crippen LogP contribution in [0.2, 0.25) is 0 Å². The predicted molar refractivity (Wildman–Crippen MR) is 218 cm³/mol. The van der Waals surface area contributed by atoms with Crippen LogP contribution in [-0.4, -0.2) is 0 Å². The molecule has 2 nitrogen and oxygen atoms in total. The molecule has 0 aliphatic heterocycles. The third-order valence-corrected chi connectivity index (χ3v) is 11.2. The summed E-state index contributed by atoms with van der Waals surface area (Å²) in [6.45, 7) is 0. The minimum Gasteiger partial charge on any atom is -0.455 e. The van der Waals surface area contributed by atoms with Gasteiger partial charge in [-0.05, 0) is 58.1 Å². The normalized spacial score (nSPS) is 11.5. The number of thiophene rings is 1. The number of anilines is 3. The highest BCUT2D eigenvalue weighted by atomic mass is 32.1. The molecule has 51 heavy (non-hydrogen) atoms. The lowest BCUT2D eigenvalue weighted by atomic mass is 10.0. The summed E-state index contributed by atoms with van der Waals surface area (Å²) in [5, 5.41) is 4.73. The summed E-state index contributed by atoms with van der Waals surface area (Å²) in [7, 11) is 0. The first kappa shape index (κ1) is 29.5. The number of rotatable bonds is 6. The van der Waals surface area contributed by atoms with Crippen LogP contribution in [0, 0.1) is 0 Å². The summed E-state index contributed by atoms with van der Waals surface area (Å²) < 4.78 is 9.30. The van der Waals surface area contributed by atoms with E-state index < -0.39 is 0 Å². The van der Waals surface area contributed by atoms with E-state index in [1.807, 2.05) is 11.3 Å². The van der Waals surface area contributed by atoms with Gasteiger partial charge in [0.05, 0.1) is 21.5 Å². The first-order chi connectivity index (χ1) is 25.3. The zero-order valence-corrected chi connectivity index (χ0v) is 28.5. The number of furan rings is 1. The van der Waals surface area contributed by atoms with Crippen LogP contribution in [-0.2, 0) is 0 Å². The monoisotopic (exact) mass is 669 g/mol. The smallest absolute Gasteiger partial charge is 0.143 e. The van der Waals surface area contributed by atoms with E-state index in [-0.39, 0.29) is 0 Å². The quantitative estimate of drug-likeness (QED) is 0.175. The number of benzene rings is 8. The highest BCUT2D eigenvalue weighted by molar-refractivity contribution is 7.27. The lowest BCUT2D eigenvalue weighted by Crippen LogP contribution is -2.10. The summed E-state index contributed by atoms with van der Waals surface area (Å²) in [5.74, 6) is 0. The molecule has 0 aliphatic carbocycles. The first-order valence-corrected chi connectivity index (χ1v) is 18.1. The Kier molecular flexibility index (Phi) is 7.04. The van der Waals surface area contributed by atoms with Gasteiger partial charge in [-0.1, -0.05) is 158 Å². The van der Waals surface area contributed by atoms with Crippen molar-refractivity contribution >= 4 is 70.5 Å². The van der Waals surface area contributed by atoms with Gasteiger partial charge in [0.2, 0.25) is 0 Å². The fourth-order valence-corrected chi connectivity index (χ4v) is 8.87. The second-order valence-corrected chi connectivity index (χ2v) is 13.9. The van der Waals surface area contributed by atoms with Crippen LogP contribution in [0.5, 0.6) is 0 Å². The van der Waals surface area contributed by atoms with E-state index in [9.17, 15) is 0 Å². The number of fused-ring (bicyclic) bond motifs is 6. The second-order valence-electron chi connectivity index (χ2n) is 12.9. The van der Waals surface area contributed by atoms with Gasteiger partial charge in [0.15, 0.2) is 0 Å². The Hall–Kier alpha value is -6.42. The molecule has 0 N–H and O–H groups in total. The van der Waals surface area contributed by atoms with E-state index >= 15 is 0 Å². The van der Waals surface area contributed by atoms with Crippen LogP contribution in [0.4, 0.5) is 17.1 Å². The van der Waals surface area contributed by atoms with Gasteiger partial charge in [-0.15, -0.1) is 11.3 Å². The van der Waals surface area contributed by atoms with Crippen LogP contribution >= 0.6 is 11.3 Å². The first-order valence-electron chi connectivity index (χ1n) is 17.3. The molecule has 0 saturated carbocycles. The number of hydrogen-bond donors (Lipinski definition) is 0. The van der Waals surface area contributed by atoms with E-state index in [1.54, 1.807) is 0 Å². The van der Waals surface area contributed by atoms with Crippen molar-refractivity contribution in [2.24, 2.45) is 0 Å². The number of nitrogens with zero attached hydrogens (tertiary/aromatic N) is 1. The van der Waals surface area contributed by atoms with Gasteiger partial charge in [0.25, 0.3) is 0 Å². The molecular weight excluding hydrogens is 639 g/mol. The van der Waals surface area contributed by atoms with Gasteiger partial charge in [-0.3, -0.25) is 0 Å². The zero-order valence-electron chi connectivity index (χ0n) is 27.7. The molecule has 0 amide bonds. The lowest BCUT2D eigenvalue weighted by Gasteiger charge is -2.27. The number of hydrogen-bond acceptors (Lipinski definition) is 3. The van der Waals surface area contributed by atoms with E-state index in [1.165, 1.54) is 42.4 Å². The van der Waals surface area contributed by atoms with Gasteiger partial charge in [0, 0.05) is 32.1 Å². The maximum atomic E-state index is 6.75. The van der Waals surface area contributed by atoms with Crippen LogP contribution in [0.1, 0.15) is 0 Å². The van der Waals surface area contributed by atoms with E-state index in [2.05, 4.69) is 193 Å². The minimum absolute atomic E-state index is 0.867. The van der Waals surface area contributed by atoms with E-state index in [4.69, 9.17) is 4.42 Å². The second kappa shape index (κ2) is 12.2. The Morgan fingerprint density at radius 3 is 1.61 bits per heavy atom. The van der Waals surface area contributed by atoms with Crippen molar-refractivity contribution in [1.29, 1.82) is 0 Å². The molecule has 8 aromatic carbocycles. The lowest BCUT2D eigenvalue weighted by molar-refractivity contribution is 0.670. The Balaban J connectivity index is 1.24. The summed E-state index contributed by atoms with van der Waals surface area (Å²) in [6, 6.07) is 67.2. The van der Waals surface area contributed by atoms with Crippen molar-refractivity contribution in [2.75, 3.05) is 4.90 Å². The molecule has 0 spiro atoms. The Labute approximate surface area is 300 Å². The molecule has 0 saturated heterocycles. The molecule has 240 valence electrons. The summed E-state index contributed by atoms with van der Waals surface area (Å²) in [5.41, 5.74) is 12.2. The predicted octanol–water partition coefficient (Wildman–Crippen LogP) is 14.4. The van der Waals surface area contributed by atoms with Crippen molar-refractivity contribution in [3.05, 3.63) is 188 Å². The van der Waals surface area contributed by atoms with Crippen LogP contribution < -0.4 is 4.90 Å². The van der Waals surface area contributed by atoms with E-state index in [0.29, 0.717) is 0 Å². The molecule has 10 aromatic rings. The molecule has 0 unspecified atom stereocenters. The molecule has 2 aromatic heterocycles. The average molecular weight is 670 g/mol. The number of para-hydroxylation sites is 1. The highest BCUT2D eigenvalue weighted by Crippen LogP contribution is 2.50. The summed E-state index contributed by atoms with van der Waals surface area (Å²) in [4.78, 5) is 2.43. The molecule has 0 aliphatic rings. The van der Waals surface area contributed by atoms with Crippen molar-refractivity contribution in [3.63, 3.8) is 0 Å². The van der Waals surface area contributed by atoms with E-state index in [0.717, 1.165) is 50.1 Å². The van der Waals surface area contributed by atoms with Crippen LogP contribution in [0.3, 0.4) is 0 Å². The Morgan fingerprint density at radius 1 is 0.373 bits per heavy atom. The van der Waals surface area contributed by atoms with Gasteiger partial charge in [0.1, 0.15) is 11.2 Å². The third kappa shape index (κ3) is 4.93. The molecule has 3 heteroatoms.